The van der Waals surface area contributed by atoms with Crippen molar-refractivity contribution in [2.75, 3.05) is 26.2 Å². The average Bonchev–Trinajstić information content (AvgIpc) is 3.18. The average molecular weight is 588 g/mol. The van der Waals surface area contributed by atoms with E-state index in [0.717, 1.165) is 4.57 Å². The van der Waals surface area contributed by atoms with E-state index in [4.69, 9.17) is 14.5 Å². The van der Waals surface area contributed by atoms with Gasteiger partial charge in [0.25, 0.3) is 5.56 Å². The number of nitrogens with one attached hydrogen (secondary N) is 1. The molecule has 0 amide bonds. The fraction of sp³-hybridized carbons (Fsp3) is 0.818. The highest BCUT2D eigenvalue weighted by Gasteiger charge is 2.39. The summed E-state index contributed by atoms with van der Waals surface area (Å²) in [6.45, 7) is 11.5. The minimum atomic E-state index is -5.26. The van der Waals surface area contributed by atoms with E-state index in [-0.39, 0.29) is 12.0 Å². The van der Waals surface area contributed by atoms with Crippen LogP contribution in [0.2, 0.25) is 0 Å². The van der Waals surface area contributed by atoms with Crippen molar-refractivity contribution in [3.05, 3.63) is 32.6 Å². The van der Waals surface area contributed by atoms with E-state index >= 15 is 0 Å². The predicted molar refractivity (Wildman–Crippen MR) is 141 cm³/mol. The third kappa shape index (κ3) is 13.3. The van der Waals surface area contributed by atoms with Crippen LogP contribution in [0.1, 0.15) is 77.5 Å². The van der Waals surface area contributed by atoms with Crippen molar-refractivity contribution in [3.8, 4) is 0 Å². The van der Waals surface area contributed by atoms with Crippen LogP contribution in [-0.4, -0.2) is 72.7 Å². The summed E-state index contributed by atoms with van der Waals surface area (Å²) in [5, 5.41) is 9.91. The van der Waals surface area contributed by atoms with E-state index in [1.54, 1.807) is 0 Å². The van der Waals surface area contributed by atoms with E-state index in [2.05, 4.69) is 39.5 Å². The molecule has 2 rings (SSSR count). The number of phosphoric ester groups is 1. The molecule has 14 nitrogen and oxygen atoms in total. The number of aryl methyl sites for hydroxylation is 1. The number of aromatic nitrogens is 2. The zero-order valence-electron chi connectivity index (χ0n) is 22.5. The summed E-state index contributed by atoms with van der Waals surface area (Å²) < 4.78 is 36.3. The van der Waals surface area contributed by atoms with E-state index in [9.17, 15) is 28.7 Å². The first-order valence-electron chi connectivity index (χ1n) is 12.8. The van der Waals surface area contributed by atoms with Gasteiger partial charge >= 0.3 is 21.3 Å². The number of nitrogens with zero attached hydrogens (tertiary/aromatic N) is 2. The monoisotopic (exact) mass is 587 g/mol. The summed E-state index contributed by atoms with van der Waals surface area (Å²) in [6.07, 6.45) is 5.87. The first-order chi connectivity index (χ1) is 17.7. The van der Waals surface area contributed by atoms with Gasteiger partial charge in [-0.25, -0.2) is 13.9 Å². The van der Waals surface area contributed by atoms with Crippen LogP contribution in [0.15, 0.2) is 15.8 Å². The van der Waals surface area contributed by atoms with E-state index in [1.807, 2.05) is 0 Å². The normalized spacial score (nSPS) is 21.2. The van der Waals surface area contributed by atoms with Gasteiger partial charge in [-0.15, -0.1) is 0 Å². The Balaban J connectivity index is 0.000000471. The van der Waals surface area contributed by atoms with Gasteiger partial charge in [0.15, 0.2) is 0 Å². The Kier molecular flexibility index (Phi) is 15.4. The highest BCUT2D eigenvalue weighted by molar-refractivity contribution is 7.60. The number of ether oxygens (including phenoxy) is 1. The van der Waals surface area contributed by atoms with E-state index in [1.165, 1.54) is 71.3 Å². The lowest BCUT2D eigenvalue weighted by atomic mass is 10.2. The molecule has 0 spiro atoms. The van der Waals surface area contributed by atoms with Crippen LogP contribution in [0.25, 0.3) is 0 Å². The van der Waals surface area contributed by atoms with Crippen LogP contribution in [0.5, 0.6) is 0 Å². The van der Waals surface area contributed by atoms with Crippen LogP contribution < -0.4 is 11.2 Å². The van der Waals surface area contributed by atoms with Gasteiger partial charge in [-0.3, -0.25) is 18.9 Å². The minimum Gasteiger partial charge on any atom is -0.390 e. The van der Waals surface area contributed by atoms with Crippen molar-refractivity contribution in [3.63, 3.8) is 0 Å². The molecule has 1 aromatic heterocycles. The third-order valence-corrected chi connectivity index (χ3v) is 7.91. The van der Waals surface area contributed by atoms with Gasteiger partial charge in [0.2, 0.25) is 0 Å². The van der Waals surface area contributed by atoms with Crippen LogP contribution in [0, 0.1) is 6.92 Å². The van der Waals surface area contributed by atoms with Crippen molar-refractivity contribution in [1.29, 1.82) is 0 Å². The fourth-order valence-corrected chi connectivity index (χ4v) is 5.24. The Morgan fingerprint density at radius 2 is 1.58 bits per heavy atom. The van der Waals surface area contributed by atoms with Crippen molar-refractivity contribution in [1.82, 2.24) is 14.5 Å². The minimum absolute atomic E-state index is 0.0888. The first kappa shape index (κ1) is 34.8. The molecule has 0 bridgehead atoms. The third-order valence-electron chi connectivity index (χ3n) is 5.76. The molecule has 0 saturated carbocycles. The highest BCUT2D eigenvalue weighted by atomic mass is 31.3. The van der Waals surface area contributed by atoms with Crippen LogP contribution in [0.3, 0.4) is 0 Å². The number of hydrogen-bond donors (Lipinski definition) is 5. The smallest absolute Gasteiger partial charge is 0.390 e. The molecule has 4 atom stereocenters. The van der Waals surface area contributed by atoms with Crippen molar-refractivity contribution < 1.29 is 42.5 Å². The summed E-state index contributed by atoms with van der Waals surface area (Å²) >= 11 is 0. The Bertz CT molecular complexity index is 1020. The summed E-state index contributed by atoms with van der Waals surface area (Å²) in [6, 6.07) is 0. The highest BCUT2D eigenvalue weighted by Crippen LogP contribution is 2.57. The fourth-order valence-electron chi connectivity index (χ4n) is 3.64. The van der Waals surface area contributed by atoms with Gasteiger partial charge in [-0.1, -0.05) is 40.0 Å². The molecule has 16 heteroatoms. The number of aliphatic hydroxyl groups is 1. The second-order valence-electron chi connectivity index (χ2n) is 9.15. The molecule has 1 unspecified atom stereocenters. The van der Waals surface area contributed by atoms with Gasteiger partial charge in [-0.05, 0) is 45.8 Å². The Morgan fingerprint density at radius 3 is 2.05 bits per heavy atom. The van der Waals surface area contributed by atoms with Gasteiger partial charge in [0.1, 0.15) is 12.3 Å². The predicted octanol–water partition coefficient (Wildman–Crippen LogP) is 2.41. The molecule has 1 aliphatic heterocycles. The summed E-state index contributed by atoms with van der Waals surface area (Å²) in [7, 11) is -10.3. The second-order valence-corrected chi connectivity index (χ2v) is 12.0. The Labute approximate surface area is 222 Å². The lowest BCUT2D eigenvalue weighted by Gasteiger charge is -2.21. The van der Waals surface area contributed by atoms with E-state index < -0.39 is 51.9 Å². The maximum absolute atomic E-state index is 11.8. The summed E-state index contributed by atoms with van der Waals surface area (Å²) in [4.78, 5) is 54.0. The van der Waals surface area contributed by atoms with Crippen molar-refractivity contribution in [2.45, 2.75) is 91.1 Å². The molecular weight excluding hydrogens is 544 g/mol. The van der Waals surface area contributed by atoms with Gasteiger partial charge in [0, 0.05) is 18.2 Å². The molecule has 1 fully saturated rings. The molecule has 38 heavy (non-hydrogen) atoms. The van der Waals surface area contributed by atoms with Gasteiger partial charge in [0.05, 0.1) is 12.7 Å². The molecule has 1 aliphatic rings. The van der Waals surface area contributed by atoms with Crippen LogP contribution in [-0.2, 0) is 22.7 Å². The summed E-state index contributed by atoms with van der Waals surface area (Å²) in [5.74, 6) is 0. The molecule has 0 aromatic carbocycles. The number of phosphoric acid groups is 2. The number of H-pyrrole nitrogens is 1. The molecule has 0 radical (unpaired) electrons. The molecule has 5 N–H and O–H groups in total. The first-order valence-corrected chi connectivity index (χ1v) is 15.9. The van der Waals surface area contributed by atoms with Gasteiger partial charge in [-0.2, -0.15) is 4.31 Å². The topological polar surface area (TPSA) is 201 Å². The maximum atomic E-state index is 11.8. The van der Waals surface area contributed by atoms with Crippen molar-refractivity contribution >= 4 is 15.6 Å². The molecule has 2 heterocycles. The standard InChI is InChI=1S/C12H27N.C10H16N2O11P2/c1-4-7-10-13(11-8-5-2)12-9-6-3;1-5-3-12(10(15)11-9(5)14)8-2-6(13)7(22-8)4-21-25(19,20)23-24(16,17)18/h4-12H2,1-3H3;3,6-8,13H,2,4H2,1H3,(H,19,20)(H,11,14,15)(H2,16,17,18)/t;6-,7+,8+/m.0/s1. The number of unbranched alkanes of at least 4 members (excludes halogenated alkanes) is 3. The number of aliphatic hydroxyl groups excluding tert-OH is 1. The van der Waals surface area contributed by atoms with Crippen LogP contribution >= 0.6 is 15.6 Å². The van der Waals surface area contributed by atoms with Crippen molar-refractivity contribution in [2.24, 2.45) is 0 Å². The summed E-state index contributed by atoms with van der Waals surface area (Å²) in [5.41, 5.74) is -1.12. The lowest BCUT2D eigenvalue weighted by molar-refractivity contribution is -0.0450. The Morgan fingerprint density at radius 1 is 1.05 bits per heavy atom. The maximum Gasteiger partial charge on any atom is 0.481 e. The zero-order chi connectivity index (χ0) is 28.9. The number of hydrogen-bond acceptors (Lipinski definition) is 9. The molecule has 1 aromatic rings. The van der Waals surface area contributed by atoms with E-state index in [0.29, 0.717) is 0 Å². The molecule has 1 saturated heterocycles. The molecule has 222 valence electrons. The molecular formula is C22H43N3O11P2. The SMILES string of the molecule is CCCCN(CCCC)CCCC.Cc1cn([C@H]2C[C@H](O)[C@@H](COP(=O)(O)OP(=O)(O)O)O2)c(=O)[nH]c1=O. The number of rotatable bonds is 15. The number of aromatic amines is 1. The lowest BCUT2D eigenvalue weighted by Crippen LogP contribution is -2.33. The largest absolute Gasteiger partial charge is 0.481 e. The molecule has 0 aliphatic carbocycles. The van der Waals surface area contributed by atoms with Gasteiger partial charge < -0.3 is 29.4 Å². The zero-order valence-corrected chi connectivity index (χ0v) is 24.3. The quantitative estimate of drug-likeness (QED) is 0.188. The Hall–Kier alpha value is -1.18. The second kappa shape index (κ2) is 16.8. The van der Waals surface area contributed by atoms with Crippen LogP contribution in [0.4, 0.5) is 0 Å².